The number of hydrogen-bond acceptors (Lipinski definition) is 6. The van der Waals surface area contributed by atoms with Gasteiger partial charge in [-0.15, -0.1) is 10.2 Å². The molecule has 1 N–H and O–H groups in total. The van der Waals surface area contributed by atoms with E-state index in [0.29, 0.717) is 36.2 Å². The number of piperidine rings is 2. The zero-order valence-corrected chi connectivity index (χ0v) is 17.7. The van der Waals surface area contributed by atoms with Crippen molar-refractivity contribution in [2.75, 3.05) is 29.4 Å². The highest BCUT2D eigenvalue weighted by Gasteiger charge is 2.29. The Morgan fingerprint density at radius 1 is 1.21 bits per heavy atom. The molecule has 2 aliphatic rings. The van der Waals surface area contributed by atoms with Gasteiger partial charge in [0.15, 0.2) is 0 Å². The summed E-state index contributed by atoms with van der Waals surface area (Å²) in [5.74, 6) is 0.0772. The standard InChI is InChI=1S/C20H24ClN5O2S/c21-16-7-3-5-14(11-16)12-22-18(28)15-6-4-9-25(13-15)19-23-24-20(29-19)26-10-2-1-8-17(26)27/h3,5,7,11,15H,1-2,4,6,8-10,12-13H2,(H,22,28)/t15-/m1/s1. The van der Waals surface area contributed by atoms with Crippen molar-refractivity contribution in [3.63, 3.8) is 0 Å². The topological polar surface area (TPSA) is 78.4 Å². The molecule has 154 valence electrons. The summed E-state index contributed by atoms with van der Waals surface area (Å²) in [6.07, 6.45) is 4.30. The summed E-state index contributed by atoms with van der Waals surface area (Å²) in [6, 6.07) is 7.51. The fraction of sp³-hybridized carbons (Fsp3) is 0.500. The SMILES string of the molecule is O=C(NCc1cccc(Cl)c1)[C@@H]1CCCN(c2nnc(N3CCCCC3=O)s2)C1. The number of hydrogen-bond donors (Lipinski definition) is 1. The summed E-state index contributed by atoms with van der Waals surface area (Å²) in [5.41, 5.74) is 0.985. The van der Waals surface area contributed by atoms with Gasteiger partial charge in [0.05, 0.1) is 5.92 Å². The molecule has 0 spiro atoms. The molecule has 29 heavy (non-hydrogen) atoms. The van der Waals surface area contributed by atoms with Crippen molar-refractivity contribution in [3.8, 4) is 0 Å². The van der Waals surface area contributed by atoms with Crippen LogP contribution in [0.2, 0.25) is 5.02 Å². The van der Waals surface area contributed by atoms with Gasteiger partial charge in [0, 0.05) is 37.6 Å². The minimum atomic E-state index is -0.0908. The van der Waals surface area contributed by atoms with Crippen molar-refractivity contribution >= 4 is 45.0 Å². The highest BCUT2D eigenvalue weighted by molar-refractivity contribution is 7.19. The molecule has 9 heteroatoms. The van der Waals surface area contributed by atoms with E-state index in [4.69, 9.17) is 11.6 Å². The Labute approximate surface area is 179 Å². The molecule has 0 aliphatic carbocycles. The van der Waals surface area contributed by atoms with Crippen molar-refractivity contribution in [2.24, 2.45) is 5.92 Å². The Morgan fingerprint density at radius 2 is 2.07 bits per heavy atom. The molecule has 2 amide bonds. The molecule has 7 nitrogen and oxygen atoms in total. The first-order valence-corrected chi connectivity index (χ1v) is 11.2. The number of amides is 2. The largest absolute Gasteiger partial charge is 0.352 e. The van der Waals surface area contributed by atoms with Gasteiger partial charge in [0.25, 0.3) is 0 Å². The third kappa shape index (κ3) is 4.87. The summed E-state index contributed by atoms with van der Waals surface area (Å²) in [6.45, 7) is 2.64. The van der Waals surface area contributed by atoms with E-state index in [1.165, 1.54) is 11.3 Å². The van der Waals surface area contributed by atoms with E-state index in [-0.39, 0.29) is 17.7 Å². The Hall–Kier alpha value is -2.19. The maximum Gasteiger partial charge on any atom is 0.228 e. The van der Waals surface area contributed by atoms with Crippen LogP contribution in [0.1, 0.15) is 37.7 Å². The fourth-order valence-corrected chi connectivity index (χ4v) is 4.94. The van der Waals surface area contributed by atoms with Gasteiger partial charge >= 0.3 is 0 Å². The van der Waals surface area contributed by atoms with Crippen LogP contribution in [-0.4, -0.2) is 41.6 Å². The van der Waals surface area contributed by atoms with Gasteiger partial charge in [0.2, 0.25) is 22.1 Å². The van der Waals surface area contributed by atoms with Crippen molar-refractivity contribution in [1.29, 1.82) is 0 Å². The number of rotatable bonds is 5. The first-order chi connectivity index (χ1) is 14.1. The van der Waals surface area contributed by atoms with Gasteiger partial charge in [-0.3, -0.25) is 14.5 Å². The smallest absolute Gasteiger partial charge is 0.228 e. The Kier molecular flexibility index (Phi) is 6.30. The fourth-order valence-electron chi connectivity index (χ4n) is 3.80. The van der Waals surface area contributed by atoms with Gasteiger partial charge in [-0.1, -0.05) is 35.1 Å². The van der Waals surface area contributed by atoms with E-state index in [1.807, 2.05) is 24.3 Å². The Morgan fingerprint density at radius 3 is 2.90 bits per heavy atom. The van der Waals surface area contributed by atoms with E-state index < -0.39 is 0 Å². The van der Waals surface area contributed by atoms with Crippen LogP contribution in [0.4, 0.5) is 10.3 Å². The van der Waals surface area contributed by atoms with Crippen LogP contribution < -0.4 is 15.1 Å². The van der Waals surface area contributed by atoms with Crippen LogP contribution in [0.15, 0.2) is 24.3 Å². The van der Waals surface area contributed by atoms with Crippen LogP contribution in [0, 0.1) is 5.92 Å². The summed E-state index contributed by atoms with van der Waals surface area (Å²) in [5, 5.41) is 13.7. The van der Waals surface area contributed by atoms with E-state index in [9.17, 15) is 9.59 Å². The van der Waals surface area contributed by atoms with Crippen LogP contribution >= 0.6 is 22.9 Å². The van der Waals surface area contributed by atoms with Gasteiger partial charge in [-0.2, -0.15) is 0 Å². The Bertz CT molecular complexity index is 889. The average molecular weight is 434 g/mol. The molecule has 0 saturated carbocycles. The van der Waals surface area contributed by atoms with Crippen molar-refractivity contribution in [2.45, 2.75) is 38.6 Å². The maximum atomic E-state index is 12.7. The number of nitrogens with one attached hydrogen (secondary N) is 1. The first-order valence-electron chi connectivity index (χ1n) is 10.0. The zero-order valence-electron chi connectivity index (χ0n) is 16.1. The summed E-state index contributed by atoms with van der Waals surface area (Å²) < 4.78 is 0. The molecule has 2 aromatic rings. The van der Waals surface area contributed by atoms with Crippen LogP contribution in [0.3, 0.4) is 0 Å². The number of halogens is 1. The maximum absolute atomic E-state index is 12.7. The van der Waals surface area contributed by atoms with E-state index in [2.05, 4.69) is 20.4 Å². The lowest BCUT2D eigenvalue weighted by atomic mass is 9.97. The van der Waals surface area contributed by atoms with E-state index in [1.54, 1.807) is 4.90 Å². The third-order valence-corrected chi connectivity index (χ3v) is 6.62. The summed E-state index contributed by atoms with van der Waals surface area (Å²) >= 11 is 7.44. The molecular weight excluding hydrogens is 410 g/mol. The predicted octanol–water partition coefficient (Wildman–Crippen LogP) is 3.24. The van der Waals surface area contributed by atoms with Gasteiger partial charge < -0.3 is 10.2 Å². The first kappa shape index (κ1) is 20.1. The number of carbonyl (C=O) groups is 2. The molecule has 2 saturated heterocycles. The normalized spacial score (nSPS) is 20.0. The second-order valence-corrected chi connectivity index (χ2v) is 8.87. The Balaban J connectivity index is 1.35. The van der Waals surface area contributed by atoms with Crippen LogP contribution in [0.25, 0.3) is 0 Å². The molecule has 2 aliphatic heterocycles. The quantitative estimate of drug-likeness (QED) is 0.783. The highest BCUT2D eigenvalue weighted by atomic mass is 35.5. The molecule has 1 atom stereocenters. The lowest BCUT2D eigenvalue weighted by molar-refractivity contribution is -0.125. The van der Waals surface area contributed by atoms with Crippen molar-refractivity contribution in [3.05, 3.63) is 34.9 Å². The number of benzene rings is 1. The monoisotopic (exact) mass is 433 g/mol. The minimum Gasteiger partial charge on any atom is -0.352 e. The molecule has 0 unspecified atom stereocenters. The van der Waals surface area contributed by atoms with Crippen LogP contribution in [-0.2, 0) is 16.1 Å². The second kappa shape index (κ2) is 9.09. The summed E-state index contributed by atoms with van der Waals surface area (Å²) in [7, 11) is 0. The van der Waals surface area contributed by atoms with Gasteiger partial charge in [-0.05, 0) is 43.4 Å². The molecular formula is C20H24ClN5O2S. The van der Waals surface area contributed by atoms with E-state index in [0.717, 1.165) is 42.9 Å². The number of aromatic nitrogens is 2. The van der Waals surface area contributed by atoms with Gasteiger partial charge in [0.1, 0.15) is 0 Å². The second-order valence-electron chi connectivity index (χ2n) is 7.50. The summed E-state index contributed by atoms with van der Waals surface area (Å²) in [4.78, 5) is 28.6. The molecule has 1 aromatic carbocycles. The molecule has 4 rings (SSSR count). The van der Waals surface area contributed by atoms with Crippen molar-refractivity contribution < 1.29 is 9.59 Å². The molecule has 2 fully saturated rings. The number of anilines is 2. The number of carbonyl (C=O) groups excluding carboxylic acids is 2. The average Bonchev–Trinajstić information content (AvgIpc) is 3.22. The predicted molar refractivity (Wildman–Crippen MR) is 114 cm³/mol. The minimum absolute atomic E-state index is 0.0469. The van der Waals surface area contributed by atoms with E-state index >= 15 is 0 Å². The van der Waals surface area contributed by atoms with Gasteiger partial charge in [-0.25, -0.2) is 0 Å². The molecule has 0 bridgehead atoms. The lowest BCUT2D eigenvalue weighted by Gasteiger charge is -2.31. The highest BCUT2D eigenvalue weighted by Crippen LogP contribution is 2.32. The van der Waals surface area contributed by atoms with Crippen LogP contribution in [0.5, 0.6) is 0 Å². The molecule has 1 aromatic heterocycles. The molecule has 0 radical (unpaired) electrons. The zero-order chi connectivity index (χ0) is 20.2. The lowest BCUT2D eigenvalue weighted by Crippen LogP contribution is -2.43. The molecule has 3 heterocycles. The number of nitrogens with zero attached hydrogens (tertiary/aromatic N) is 4. The van der Waals surface area contributed by atoms with Crippen molar-refractivity contribution in [1.82, 2.24) is 15.5 Å². The third-order valence-electron chi connectivity index (χ3n) is 5.38.